The third-order valence-electron chi connectivity index (χ3n) is 4.58. The van der Waals surface area contributed by atoms with E-state index in [1.807, 2.05) is 37.5 Å². The molecule has 1 aromatic carbocycles. The van der Waals surface area contributed by atoms with Crippen molar-refractivity contribution in [3.63, 3.8) is 0 Å². The van der Waals surface area contributed by atoms with Crippen molar-refractivity contribution in [2.24, 2.45) is 4.99 Å². The Bertz CT molecular complexity index is 885. The molecule has 0 radical (unpaired) electrons. The Hall–Kier alpha value is -3.06. The zero-order valence-electron chi connectivity index (χ0n) is 17.0. The molecule has 0 amide bonds. The van der Waals surface area contributed by atoms with Crippen molar-refractivity contribution in [1.82, 2.24) is 20.2 Å². The van der Waals surface area contributed by atoms with E-state index in [0.717, 1.165) is 25.3 Å². The van der Waals surface area contributed by atoms with Crippen LogP contribution in [0.2, 0.25) is 0 Å². The molecule has 2 aromatic heterocycles. The van der Waals surface area contributed by atoms with Crippen LogP contribution >= 0.6 is 0 Å². The van der Waals surface area contributed by atoms with Crippen molar-refractivity contribution in [3.05, 3.63) is 78.3 Å². The molecular formula is C22H29N5O2. The highest BCUT2D eigenvalue weighted by Crippen LogP contribution is 2.21. The van der Waals surface area contributed by atoms with Crippen molar-refractivity contribution >= 4 is 5.96 Å². The summed E-state index contributed by atoms with van der Waals surface area (Å²) >= 11 is 0. The molecule has 0 bridgehead atoms. The lowest BCUT2D eigenvalue weighted by Gasteiger charge is -2.19. The number of benzene rings is 1. The predicted octanol–water partition coefficient (Wildman–Crippen LogP) is 2.53. The number of nitrogens with one attached hydrogen (secondary N) is 2. The van der Waals surface area contributed by atoms with Crippen molar-refractivity contribution in [3.8, 4) is 0 Å². The fourth-order valence-electron chi connectivity index (χ4n) is 3.02. The molecule has 7 heteroatoms. The van der Waals surface area contributed by atoms with Crippen molar-refractivity contribution < 1.29 is 9.52 Å². The van der Waals surface area contributed by atoms with Crippen LogP contribution in [0.5, 0.6) is 0 Å². The first-order valence-electron chi connectivity index (χ1n) is 9.91. The van der Waals surface area contributed by atoms with E-state index in [9.17, 15) is 5.11 Å². The SMILES string of the molecule is CCNC(=NCC(C)(O)c1ccco1)NCCc1nccn1Cc1ccccc1. The number of hydrogen-bond donors (Lipinski definition) is 3. The van der Waals surface area contributed by atoms with Crippen LogP contribution in [0.25, 0.3) is 0 Å². The van der Waals surface area contributed by atoms with Crippen LogP contribution in [0.3, 0.4) is 0 Å². The summed E-state index contributed by atoms with van der Waals surface area (Å²) < 4.78 is 7.47. The predicted molar refractivity (Wildman–Crippen MR) is 114 cm³/mol. The highest BCUT2D eigenvalue weighted by molar-refractivity contribution is 5.79. The van der Waals surface area contributed by atoms with Crippen LogP contribution in [0.4, 0.5) is 0 Å². The van der Waals surface area contributed by atoms with E-state index in [0.29, 0.717) is 18.3 Å². The fraction of sp³-hybridized carbons (Fsp3) is 0.364. The molecule has 0 aliphatic heterocycles. The number of furan rings is 1. The van der Waals surface area contributed by atoms with Gasteiger partial charge in [0.1, 0.15) is 17.2 Å². The van der Waals surface area contributed by atoms with Crippen molar-refractivity contribution in [1.29, 1.82) is 0 Å². The van der Waals surface area contributed by atoms with E-state index in [2.05, 4.69) is 37.3 Å². The summed E-state index contributed by atoms with van der Waals surface area (Å²) in [5, 5.41) is 17.1. The summed E-state index contributed by atoms with van der Waals surface area (Å²) in [4.78, 5) is 8.99. The number of nitrogens with zero attached hydrogens (tertiary/aromatic N) is 3. The normalized spacial score (nSPS) is 13.8. The fourth-order valence-corrected chi connectivity index (χ4v) is 3.02. The molecule has 7 nitrogen and oxygen atoms in total. The molecular weight excluding hydrogens is 366 g/mol. The maximum atomic E-state index is 10.6. The first-order valence-corrected chi connectivity index (χ1v) is 9.91. The average molecular weight is 396 g/mol. The Morgan fingerprint density at radius 3 is 2.76 bits per heavy atom. The summed E-state index contributed by atoms with van der Waals surface area (Å²) in [6.07, 6.45) is 6.15. The molecule has 0 spiro atoms. The molecule has 1 atom stereocenters. The molecule has 0 aliphatic rings. The second-order valence-corrected chi connectivity index (χ2v) is 7.08. The van der Waals surface area contributed by atoms with Gasteiger partial charge in [-0.2, -0.15) is 0 Å². The number of aliphatic hydroxyl groups is 1. The molecule has 3 rings (SSSR count). The highest BCUT2D eigenvalue weighted by Gasteiger charge is 2.26. The number of guanidine groups is 1. The van der Waals surface area contributed by atoms with Gasteiger partial charge in [0, 0.05) is 38.4 Å². The standard InChI is InChI=1S/C22H29N5O2/c1-3-23-21(26-17-22(2,28)19-10-7-15-29-19)25-12-11-20-24-13-14-27(20)16-18-8-5-4-6-9-18/h4-10,13-15,28H,3,11-12,16-17H2,1-2H3,(H2,23,25,26). The van der Waals surface area contributed by atoms with E-state index in [1.54, 1.807) is 25.3 Å². The van der Waals surface area contributed by atoms with Gasteiger partial charge in [-0.25, -0.2) is 9.98 Å². The lowest BCUT2D eigenvalue weighted by atomic mass is 10.0. The van der Waals surface area contributed by atoms with Gasteiger partial charge in [-0.15, -0.1) is 0 Å². The largest absolute Gasteiger partial charge is 0.466 e. The molecule has 1 unspecified atom stereocenters. The maximum absolute atomic E-state index is 10.6. The van der Waals surface area contributed by atoms with Gasteiger partial charge in [0.15, 0.2) is 5.96 Å². The maximum Gasteiger partial charge on any atom is 0.191 e. The van der Waals surface area contributed by atoms with Crippen LogP contribution in [0, 0.1) is 0 Å². The number of aromatic nitrogens is 2. The van der Waals surface area contributed by atoms with Gasteiger partial charge in [0.05, 0.1) is 12.8 Å². The van der Waals surface area contributed by atoms with E-state index < -0.39 is 5.60 Å². The Labute approximate surface area is 171 Å². The van der Waals surface area contributed by atoms with Crippen LogP contribution in [0.15, 0.2) is 70.5 Å². The van der Waals surface area contributed by atoms with Crippen LogP contribution in [-0.2, 0) is 18.6 Å². The van der Waals surface area contributed by atoms with Crippen LogP contribution in [-0.4, -0.2) is 40.3 Å². The van der Waals surface area contributed by atoms with E-state index in [1.165, 1.54) is 5.56 Å². The second kappa shape index (κ2) is 9.93. The van der Waals surface area contributed by atoms with Gasteiger partial charge in [-0.05, 0) is 31.5 Å². The van der Waals surface area contributed by atoms with Gasteiger partial charge in [-0.3, -0.25) is 0 Å². The van der Waals surface area contributed by atoms with E-state index in [4.69, 9.17) is 4.42 Å². The Morgan fingerprint density at radius 2 is 2.03 bits per heavy atom. The number of imidazole rings is 1. The minimum Gasteiger partial charge on any atom is -0.466 e. The third-order valence-corrected chi connectivity index (χ3v) is 4.58. The molecule has 0 fully saturated rings. The van der Waals surface area contributed by atoms with Crippen molar-refractivity contribution in [2.75, 3.05) is 19.6 Å². The molecule has 0 aliphatic carbocycles. The molecule has 0 saturated heterocycles. The van der Waals surface area contributed by atoms with Crippen LogP contribution in [0.1, 0.15) is 31.0 Å². The Kier molecular flexibility index (Phi) is 7.08. The number of rotatable bonds is 9. The lowest BCUT2D eigenvalue weighted by molar-refractivity contribution is 0.0437. The molecule has 29 heavy (non-hydrogen) atoms. The quantitative estimate of drug-likeness (QED) is 0.383. The summed E-state index contributed by atoms with van der Waals surface area (Å²) in [6, 6.07) is 13.9. The monoisotopic (exact) mass is 395 g/mol. The molecule has 3 N–H and O–H groups in total. The van der Waals surface area contributed by atoms with Gasteiger partial charge in [0.2, 0.25) is 0 Å². The Morgan fingerprint density at radius 1 is 1.21 bits per heavy atom. The first-order chi connectivity index (χ1) is 14.1. The Balaban J connectivity index is 1.55. The van der Waals surface area contributed by atoms with Gasteiger partial charge < -0.3 is 24.7 Å². The second-order valence-electron chi connectivity index (χ2n) is 7.08. The van der Waals surface area contributed by atoms with E-state index in [-0.39, 0.29) is 6.54 Å². The molecule has 2 heterocycles. The summed E-state index contributed by atoms with van der Waals surface area (Å²) in [7, 11) is 0. The van der Waals surface area contributed by atoms with Crippen LogP contribution < -0.4 is 10.6 Å². The minimum absolute atomic E-state index is 0.193. The zero-order valence-corrected chi connectivity index (χ0v) is 17.0. The smallest absolute Gasteiger partial charge is 0.191 e. The van der Waals surface area contributed by atoms with Gasteiger partial charge in [-0.1, -0.05) is 30.3 Å². The first kappa shape index (κ1) is 20.7. The minimum atomic E-state index is -1.15. The molecule has 154 valence electrons. The lowest BCUT2D eigenvalue weighted by Crippen LogP contribution is -2.40. The van der Waals surface area contributed by atoms with Gasteiger partial charge >= 0.3 is 0 Å². The molecule has 0 saturated carbocycles. The number of aliphatic imine (C=N–C) groups is 1. The highest BCUT2D eigenvalue weighted by atomic mass is 16.4. The number of hydrogen-bond acceptors (Lipinski definition) is 4. The third kappa shape index (κ3) is 5.96. The molecule has 3 aromatic rings. The summed E-state index contributed by atoms with van der Waals surface area (Å²) in [6.45, 7) is 6.11. The van der Waals surface area contributed by atoms with Gasteiger partial charge in [0.25, 0.3) is 0 Å². The average Bonchev–Trinajstić information content (AvgIpc) is 3.40. The van der Waals surface area contributed by atoms with Crippen molar-refractivity contribution in [2.45, 2.75) is 32.4 Å². The summed E-state index contributed by atoms with van der Waals surface area (Å²) in [5.41, 5.74) is 0.0902. The van der Waals surface area contributed by atoms with E-state index >= 15 is 0 Å². The topological polar surface area (TPSA) is 87.6 Å². The zero-order chi connectivity index (χ0) is 20.5. The summed E-state index contributed by atoms with van der Waals surface area (Å²) in [5.74, 6) is 2.17.